The number of benzene rings is 2. The van der Waals surface area contributed by atoms with E-state index in [1.165, 1.54) is 49.5 Å². The summed E-state index contributed by atoms with van der Waals surface area (Å²) in [7, 11) is -2.54. The Morgan fingerprint density at radius 2 is 1.67 bits per heavy atom. The topological polar surface area (TPSA) is 74.7 Å². The van der Waals surface area contributed by atoms with E-state index in [9.17, 15) is 13.2 Å². The third-order valence-electron chi connectivity index (χ3n) is 2.95. The first-order valence-electron chi connectivity index (χ1n) is 5.91. The molecule has 0 aliphatic rings. The van der Waals surface area contributed by atoms with Crippen molar-refractivity contribution < 1.29 is 18.3 Å². The summed E-state index contributed by atoms with van der Waals surface area (Å²) < 4.78 is 26.0. The molecule has 7 heteroatoms. The van der Waals surface area contributed by atoms with E-state index >= 15 is 0 Å². The highest BCUT2D eigenvalue weighted by molar-refractivity contribution is 7.92. The van der Waals surface area contributed by atoms with Crippen molar-refractivity contribution in [1.29, 1.82) is 0 Å². The van der Waals surface area contributed by atoms with Crippen molar-refractivity contribution in [1.82, 2.24) is 0 Å². The quantitative estimate of drug-likeness (QED) is 0.938. The monoisotopic (exact) mass is 325 g/mol. The second-order valence-corrected chi connectivity index (χ2v) is 6.65. The van der Waals surface area contributed by atoms with Gasteiger partial charge in [0.2, 0.25) is 0 Å². The van der Waals surface area contributed by atoms with Gasteiger partial charge in [-0.3, -0.25) is 4.31 Å². The number of carboxylic acids is 1. The number of para-hydroxylation sites is 1. The molecule has 0 fully saturated rings. The van der Waals surface area contributed by atoms with Gasteiger partial charge in [-0.25, -0.2) is 13.2 Å². The zero-order chi connectivity index (χ0) is 15.6. The van der Waals surface area contributed by atoms with Crippen LogP contribution < -0.4 is 4.31 Å². The summed E-state index contributed by atoms with van der Waals surface area (Å²) in [6, 6.07) is 11.6. The Hall–Kier alpha value is -2.05. The standard InChI is InChI=1S/C14H12ClNO4S/c1-16(13-5-3-2-4-12(13)14(17)18)21(19,20)11-8-6-10(15)7-9-11/h2-9H,1H3,(H,17,18). The molecule has 0 heterocycles. The normalized spacial score (nSPS) is 11.1. The first kappa shape index (κ1) is 15.3. The maximum atomic E-state index is 12.5. The number of rotatable bonds is 4. The van der Waals surface area contributed by atoms with Gasteiger partial charge in [-0.05, 0) is 36.4 Å². The van der Waals surface area contributed by atoms with Gasteiger partial charge >= 0.3 is 5.97 Å². The first-order valence-corrected chi connectivity index (χ1v) is 7.72. The molecule has 0 unspecified atom stereocenters. The number of carbonyl (C=O) groups is 1. The lowest BCUT2D eigenvalue weighted by Gasteiger charge is -2.21. The van der Waals surface area contributed by atoms with Gasteiger partial charge in [0.15, 0.2) is 0 Å². The maximum Gasteiger partial charge on any atom is 0.337 e. The van der Waals surface area contributed by atoms with Crippen LogP contribution in [0.2, 0.25) is 5.02 Å². The summed E-state index contributed by atoms with van der Waals surface area (Å²) in [6.45, 7) is 0. The number of carboxylic acid groups (broad SMARTS) is 1. The van der Waals surface area contributed by atoms with E-state index in [1.807, 2.05) is 0 Å². The summed E-state index contributed by atoms with van der Waals surface area (Å²) >= 11 is 5.74. The van der Waals surface area contributed by atoms with Crippen molar-refractivity contribution in [2.24, 2.45) is 0 Å². The Bertz CT molecular complexity index is 772. The molecule has 0 saturated carbocycles. The van der Waals surface area contributed by atoms with Crippen LogP contribution >= 0.6 is 11.6 Å². The smallest absolute Gasteiger partial charge is 0.337 e. The molecule has 0 saturated heterocycles. The number of sulfonamides is 1. The molecule has 0 radical (unpaired) electrons. The summed E-state index contributed by atoms with van der Waals surface area (Å²) in [4.78, 5) is 11.2. The van der Waals surface area contributed by atoms with Crippen LogP contribution in [0.1, 0.15) is 10.4 Å². The van der Waals surface area contributed by atoms with Gasteiger partial charge in [-0.1, -0.05) is 23.7 Å². The van der Waals surface area contributed by atoms with Crippen molar-refractivity contribution in [3.05, 3.63) is 59.1 Å². The molecule has 0 spiro atoms. The fourth-order valence-corrected chi connectivity index (χ4v) is 3.16. The predicted molar refractivity (Wildman–Crippen MR) is 80.4 cm³/mol. The van der Waals surface area contributed by atoms with E-state index in [2.05, 4.69) is 0 Å². The minimum Gasteiger partial charge on any atom is -0.478 e. The maximum absolute atomic E-state index is 12.5. The van der Waals surface area contributed by atoms with Crippen molar-refractivity contribution in [2.75, 3.05) is 11.4 Å². The molecule has 0 aromatic heterocycles. The van der Waals surface area contributed by atoms with Crippen LogP contribution in [-0.2, 0) is 10.0 Å². The molecule has 1 N–H and O–H groups in total. The molecule has 2 aromatic rings. The van der Waals surface area contributed by atoms with Gasteiger partial charge in [0, 0.05) is 12.1 Å². The highest BCUT2D eigenvalue weighted by Crippen LogP contribution is 2.26. The van der Waals surface area contributed by atoms with Crippen LogP contribution in [0, 0.1) is 0 Å². The Balaban J connectivity index is 2.51. The van der Waals surface area contributed by atoms with Gasteiger partial charge in [-0.2, -0.15) is 0 Å². The lowest BCUT2D eigenvalue weighted by Crippen LogP contribution is -2.28. The molecule has 110 valence electrons. The average molecular weight is 326 g/mol. The fraction of sp³-hybridized carbons (Fsp3) is 0.0714. The minimum atomic E-state index is -3.85. The number of hydrogen-bond donors (Lipinski definition) is 1. The lowest BCUT2D eigenvalue weighted by molar-refractivity contribution is 0.0698. The Morgan fingerprint density at radius 3 is 2.24 bits per heavy atom. The van der Waals surface area contributed by atoms with Gasteiger partial charge in [0.25, 0.3) is 10.0 Å². The Morgan fingerprint density at radius 1 is 1.10 bits per heavy atom. The molecule has 2 aromatic carbocycles. The largest absolute Gasteiger partial charge is 0.478 e. The molecule has 0 aliphatic heterocycles. The van der Waals surface area contributed by atoms with Gasteiger partial charge < -0.3 is 5.11 Å². The van der Waals surface area contributed by atoms with Crippen molar-refractivity contribution in [2.45, 2.75) is 4.90 Å². The van der Waals surface area contributed by atoms with Gasteiger partial charge in [0.1, 0.15) is 0 Å². The molecule has 2 rings (SSSR count). The second-order valence-electron chi connectivity index (χ2n) is 4.25. The lowest BCUT2D eigenvalue weighted by atomic mass is 10.2. The fourth-order valence-electron chi connectivity index (χ4n) is 1.82. The SMILES string of the molecule is CN(c1ccccc1C(=O)O)S(=O)(=O)c1ccc(Cl)cc1. The number of nitrogens with zero attached hydrogens (tertiary/aromatic N) is 1. The second kappa shape index (κ2) is 5.75. The number of aromatic carboxylic acids is 1. The van der Waals surface area contributed by atoms with Crippen LogP contribution in [0.25, 0.3) is 0 Å². The van der Waals surface area contributed by atoms with Crippen molar-refractivity contribution >= 4 is 33.3 Å². The average Bonchev–Trinajstić information content (AvgIpc) is 2.46. The summed E-state index contributed by atoms with van der Waals surface area (Å²) in [5.41, 5.74) is 0.0116. The molecule has 21 heavy (non-hydrogen) atoms. The molecule has 0 atom stereocenters. The third-order valence-corrected chi connectivity index (χ3v) is 4.98. The van der Waals surface area contributed by atoms with E-state index in [0.717, 1.165) is 4.31 Å². The highest BCUT2D eigenvalue weighted by atomic mass is 35.5. The first-order chi connectivity index (χ1) is 9.84. The van der Waals surface area contributed by atoms with Crippen LogP contribution in [0.15, 0.2) is 53.4 Å². The number of halogens is 1. The number of hydrogen-bond acceptors (Lipinski definition) is 3. The van der Waals surface area contributed by atoms with Gasteiger partial charge in [-0.15, -0.1) is 0 Å². The zero-order valence-electron chi connectivity index (χ0n) is 11.0. The van der Waals surface area contributed by atoms with Crippen molar-refractivity contribution in [3.8, 4) is 0 Å². The van der Waals surface area contributed by atoms with E-state index < -0.39 is 16.0 Å². The summed E-state index contributed by atoms with van der Waals surface area (Å²) in [6.07, 6.45) is 0. The summed E-state index contributed by atoms with van der Waals surface area (Å²) in [5, 5.41) is 9.57. The predicted octanol–water partition coefficient (Wildman–Crippen LogP) is 2.86. The zero-order valence-corrected chi connectivity index (χ0v) is 12.6. The Labute approximate surface area is 127 Å². The van der Waals surface area contributed by atoms with Crippen LogP contribution in [-0.4, -0.2) is 26.5 Å². The van der Waals surface area contributed by atoms with Crippen LogP contribution in [0.3, 0.4) is 0 Å². The highest BCUT2D eigenvalue weighted by Gasteiger charge is 2.24. The molecule has 0 bridgehead atoms. The third kappa shape index (κ3) is 3.01. The molecule has 0 amide bonds. The van der Waals surface area contributed by atoms with Crippen LogP contribution in [0.4, 0.5) is 5.69 Å². The molecular weight excluding hydrogens is 314 g/mol. The molecule has 0 aliphatic carbocycles. The van der Waals surface area contributed by atoms with E-state index in [-0.39, 0.29) is 16.1 Å². The Kier molecular flexibility index (Phi) is 4.20. The summed E-state index contributed by atoms with van der Waals surface area (Å²) in [5.74, 6) is -1.19. The van der Waals surface area contributed by atoms with Gasteiger partial charge in [0.05, 0.1) is 16.1 Å². The van der Waals surface area contributed by atoms with Crippen molar-refractivity contribution in [3.63, 3.8) is 0 Å². The van der Waals surface area contributed by atoms with E-state index in [1.54, 1.807) is 6.07 Å². The molecule has 5 nitrogen and oxygen atoms in total. The van der Waals surface area contributed by atoms with E-state index in [4.69, 9.17) is 16.7 Å². The molecular formula is C14H12ClNO4S. The minimum absolute atomic E-state index is 0.0367. The van der Waals surface area contributed by atoms with E-state index in [0.29, 0.717) is 5.02 Å². The van der Waals surface area contributed by atoms with Crippen LogP contribution in [0.5, 0.6) is 0 Å². The number of anilines is 1.